The van der Waals surface area contributed by atoms with Crippen molar-refractivity contribution in [3.05, 3.63) is 206 Å². The molecule has 14 aromatic rings. The first-order valence-corrected chi connectivity index (χ1v) is 21.5. The standard InChI is InChI=1S/C58H34N2O4/c1-3-13-37(14-4-1)59(49-21-11-19-43-41-17-7-9-23-51(41)63-57(43)49)39-25-27-53-47(33-39)45-29-35-30-46-48-34-40(26-28-54(48)62-56(46)32-36(35)31-55(45)61-53)60(38-15-5-2-6-16-38)50-22-12-20-44-42-18-8-10-24-52(42)64-58(44)50/h1-34H. The fourth-order valence-electron chi connectivity index (χ4n) is 9.87. The Balaban J connectivity index is 0.931. The molecule has 0 bridgehead atoms. The maximum Gasteiger partial charge on any atom is 0.159 e. The third-order valence-corrected chi connectivity index (χ3v) is 12.8. The maximum absolute atomic E-state index is 6.58. The lowest BCUT2D eigenvalue weighted by Gasteiger charge is -2.25. The van der Waals surface area contributed by atoms with Crippen LogP contribution in [0, 0.1) is 0 Å². The van der Waals surface area contributed by atoms with Gasteiger partial charge in [-0.3, -0.25) is 0 Å². The van der Waals surface area contributed by atoms with Gasteiger partial charge < -0.3 is 27.5 Å². The second-order valence-corrected chi connectivity index (χ2v) is 16.5. The Bertz CT molecular complexity index is 3890. The summed E-state index contributed by atoms with van der Waals surface area (Å²) >= 11 is 0. The van der Waals surface area contributed by atoms with Gasteiger partial charge in [-0.05, 0) is 120 Å². The van der Waals surface area contributed by atoms with Crippen LogP contribution in [0.25, 0.3) is 98.5 Å². The number of hydrogen-bond acceptors (Lipinski definition) is 6. The molecular formula is C58H34N2O4. The van der Waals surface area contributed by atoms with Gasteiger partial charge in [-0.15, -0.1) is 0 Å². The zero-order valence-electron chi connectivity index (χ0n) is 34.2. The molecule has 64 heavy (non-hydrogen) atoms. The molecule has 0 saturated carbocycles. The van der Waals surface area contributed by atoms with Crippen LogP contribution in [-0.2, 0) is 0 Å². The van der Waals surface area contributed by atoms with Crippen LogP contribution in [0.4, 0.5) is 34.1 Å². The van der Waals surface area contributed by atoms with E-state index in [1.165, 1.54) is 0 Å². The number of fused-ring (bicyclic) bond motifs is 13. The minimum absolute atomic E-state index is 0.821. The van der Waals surface area contributed by atoms with Gasteiger partial charge in [-0.25, -0.2) is 0 Å². The molecule has 0 spiro atoms. The summed E-state index contributed by atoms with van der Waals surface area (Å²) < 4.78 is 26.3. The monoisotopic (exact) mass is 822 g/mol. The fraction of sp³-hybridized carbons (Fsp3) is 0. The molecular weight excluding hydrogens is 789 g/mol. The second kappa shape index (κ2) is 13.4. The van der Waals surface area contributed by atoms with Gasteiger partial charge in [0.1, 0.15) is 33.5 Å². The van der Waals surface area contributed by atoms with E-state index >= 15 is 0 Å². The maximum atomic E-state index is 6.58. The lowest BCUT2D eigenvalue weighted by atomic mass is 10.0. The summed E-state index contributed by atoms with van der Waals surface area (Å²) in [5.74, 6) is 0. The largest absolute Gasteiger partial charge is 0.456 e. The van der Waals surface area contributed by atoms with Gasteiger partial charge in [0.05, 0.1) is 11.4 Å². The Kier molecular flexibility index (Phi) is 7.30. The minimum Gasteiger partial charge on any atom is -0.456 e. The highest BCUT2D eigenvalue weighted by Crippen LogP contribution is 2.46. The summed E-state index contributed by atoms with van der Waals surface area (Å²) in [6, 6.07) is 71.8. The lowest BCUT2D eigenvalue weighted by Crippen LogP contribution is -2.10. The van der Waals surface area contributed by atoms with E-state index in [0.29, 0.717) is 0 Å². The van der Waals surface area contributed by atoms with E-state index in [1.807, 2.05) is 36.4 Å². The summed E-state index contributed by atoms with van der Waals surface area (Å²) in [5, 5.41) is 10.6. The molecule has 0 N–H and O–H groups in total. The van der Waals surface area contributed by atoms with Crippen molar-refractivity contribution in [2.24, 2.45) is 0 Å². The topological polar surface area (TPSA) is 59.0 Å². The zero-order chi connectivity index (χ0) is 41.9. The first-order chi connectivity index (χ1) is 31.7. The molecule has 6 nitrogen and oxygen atoms in total. The molecule has 0 amide bonds. The van der Waals surface area contributed by atoms with E-state index in [9.17, 15) is 0 Å². The van der Waals surface area contributed by atoms with E-state index < -0.39 is 0 Å². The number of nitrogens with zero attached hydrogens (tertiary/aromatic N) is 2. The van der Waals surface area contributed by atoms with Crippen molar-refractivity contribution in [2.75, 3.05) is 9.80 Å². The molecule has 4 aromatic heterocycles. The fourth-order valence-corrected chi connectivity index (χ4v) is 9.87. The molecule has 0 radical (unpaired) electrons. The average molecular weight is 823 g/mol. The molecule has 0 fully saturated rings. The zero-order valence-corrected chi connectivity index (χ0v) is 34.2. The molecule has 10 aromatic carbocycles. The predicted molar refractivity (Wildman–Crippen MR) is 262 cm³/mol. The van der Waals surface area contributed by atoms with Crippen LogP contribution in [0.5, 0.6) is 0 Å². The summed E-state index contributed by atoms with van der Waals surface area (Å²) in [4.78, 5) is 4.55. The Morgan fingerprint density at radius 2 is 0.625 bits per heavy atom. The Hall–Kier alpha value is -8.74. The van der Waals surface area contributed by atoms with Gasteiger partial charge in [0.25, 0.3) is 0 Å². The van der Waals surface area contributed by atoms with Crippen LogP contribution in [0.3, 0.4) is 0 Å². The summed E-state index contributed by atoms with van der Waals surface area (Å²) in [5.41, 5.74) is 12.7. The second-order valence-electron chi connectivity index (χ2n) is 16.5. The van der Waals surface area contributed by atoms with Crippen LogP contribution >= 0.6 is 0 Å². The van der Waals surface area contributed by atoms with Crippen molar-refractivity contribution < 1.29 is 17.7 Å². The van der Waals surface area contributed by atoms with Gasteiger partial charge in [-0.1, -0.05) is 97.1 Å². The molecule has 14 rings (SSSR count). The summed E-state index contributed by atoms with van der Waals surface area (Å²) in [7, 11) is 0. The van der Waals surface area contributed by atoms with Crippen LogP contribution in [0.2, 0.25) is 0 Å². The van der Waals surface area contributed by atoms with E-state index in [-0.39, 0.29) is 0 Å². The van der Waals surface area contributed by atoms with E-state index in [2.05, 4.69) is 180 Å². The lowest BCUT2D eigenvalue weighted by molar-refractivity contribution is 0.668. The SMILES string of the molecule is c1ccc(N(c2ccc3oc4cc5cc6oc7ccc(N(c8ccccc8)c8cccc9c8oc8ccccc89)cc7c6cc5cc4c3c2)c2cccc3c2oc2ccccc23)cc1. The van der Waals surface area contributed by atoms with Crippen LogP contribution in [0.15, 0.2) is 224 Å². The van der Waals surface area contributed by atoms with E-state index in [0.717, 1.165) is 133 Å². The van der Waals surface area contributed by atoms with Gasteiger partial charge in [0.15, 0.2) is 11.2 Å². The van der Waals surface area contributed by atoms with Crippen molar-refractivity contribution in [2.45, 2.75) is 0 Å². The van der Waals surface area contributed by atoms with E-state index in [1.54, 1.807) is 0 Å². The van der Waals surface area contributed by atoms with Crippen LogP contribution in [0.1, 0.15) is 0 Å². The van der Waals surface area contributed by atoms with Crippen LogP contribution in [-0.4, -0.2) is 0 Å². The van der Waals surface area contributed by atoms with Crippen molar-refractivity contribution in [1.82, 2.24) is 0 Å². The number of hydrogen-bond donors (Lipinski definition) is 0. The molecule has 4 heterocycles. The molecule has 0 saturated heterocycles. The Labute approximate surface area is 364 Å². The molecule has 6 heteroatoms. The van der Waals surface area contributed by atoms with Gasteiger partial charge >= 0.3 is 0 Å². The highest BCUT2D eigenvalue weighted by Gasteiger charge is 2.23. The van der Waals surface area contributed by atoms with Gasteiger partial charge in [-0.2, -0.15) is 0 Å². The number of benzene rings is 10. The first kappa shape index (κ1) is 34.9. The molecule has 0 unspecified atom stereocenters. The highest BCUT2D eigenvalue weighted by molar-refractivity contribution is 6.17. The number of para-hydroxylation sites is 6. The molecule has 0 aliphatic carbocycles. The molecule has 0 atom stereocenters. The molecule has 0 aliphatic heterocycles. The molecule has 300 valence electrons. The first-order valence-electron chi connectivity index (χ1n) is 21.5. The molecule has 0 aliphatic rings. The number of furan rings is 4. The summed E-state index contributed by atoms with van der Waals surface area (Å²) in [6.45, 7) is 0. The third kappa shape index (κ3) is 5.20. The normalized spacial score (nSPS) is 12.1. The van der Waals surface area contributed by atoms with E-state index in [4.69, 9.17) is 17.7 Å². The third-order valence-electron chi connectivity index (χ3n) is 12.8. The smallest absolute Gasteiger partial charge is 0.159 e. The number of rotatable bonds is 6. The minimum atomic E-state index is 0.821. The van der Waals surface area contributed by atoms with Gasteiger partial charge in [0.2, 0.25) is 0 Å². The number of anilines is 6. The van der Waals surface area contributed by atoms with Crippen molar-refractivity contribution in [1.29, 1.82) is 0 Å². The highest BCUT2D eigenvalue weighted by atomic mass is 16.3. The van der Waals surface area contributed by atoms with Crippen LogP contribution < -0.4 is 9.80 Å². The summed E-state index contributed by atoms with van der Waals surface area (Å²) in [6.07, 6.45) is 0. The van der Waals surface area contributed by atoms with Crippen molar-refractivity contribution >= 4 is 133 Å². The Morgan fingerprint density at radius 1 is 0.234 bits per heavy atom. The quantitative estimate of drug-likeness (QED) is 0.166. The Morgan fingerprint density at radius 3 is 1.11 bits per heavy atom. The van der Waals surface area contributed by atoms with Gasteiger partial charge in [0, 0.05) is 65.8 Å². The van der Waals surface area contributed by atoms with Crippen molar-refractivity contribution in [3.8, 4) is 0 Å². The average Bonchev–Trinajstić information content (AvgIpc) is 4.11. The predicted octanol–water partition coefficient (Wildman–Crippen LogP) is 17.4. The van der Waals surface area contributed by atoms with Crippen molar-refractivity contribution in [3.63, 3.8) is 0 Å².